The van der Waals surface area contributed by atoms with Crippen LogP contribution in [-0.4, -0.2) is 46.7 Å². The normalized spacial score (nSPS) is 14.8. The molecular weight excluding hydrogens is 486 g/mol. The number of piperidine rings is 1. The highest BCUT2D eigenvalue weighted by Crippen LogP contribution is 2.32. The first kappa shape index (κ1) is 27.5. The molecule has 1 aliphatic heterocycles. The molecule has 1 saturated heterocycles. The van der Waals surface area contributed by atoms with E-state index in [0.717, 1.165) is 67.0 Å². The highest BCUT2D eigenvalue weighted by molar-refractivity contribution is 5.79. The smallest absolute Gasteiger partial charge is 0.225 e. The average Bonchev–Trinajstić information content (AvgIpc) is 2.90. The van der Waals surface area contributed by atoms with E-state index in [1.807, 2.05) is 38.4 Å². The molecular formula is C30H36F2N4O2. The fourth-order valence-electron chi connectivity index (χ4n) is 4.69. The molecule has 2 aromatic carbocycles. The number of ether oxygens (including phenoxy) is 1. The third-order valence-corrected chi connectivity index (χ3v) is 7.10. The molecule has 0 atom stereocenters. The van der Waals surface area contributed by atoms with E-state index in [2.05, 4.69) is 21.8 Å². The van der Waals surface area contributed by atoms with E-state index < -0.39 is 17.7 Å². The second-order valence-corrected chi connectivity index (χ2v) is 10.4. The van der Waals surface area contributed by atoms with Crippen LogP contribution in [0, 0.1) is 36.6 Å². The molecule has 8 heteroatoms. The molecule has 4 rings (SSSR count). The Kier molecular flexibility index (Phi) is 8.59. The zero-order valence-electron chi connectivity index (χ0n) is 22.8. The van der Waals surface area contributed by atoms with Crippen LogP contribution in [0.5, 0.6) is 5.75 Å². The molecule has 1 aliphatic rings. The van der Waals surface area contributed by atoms with Gasteiger partial charge in [0.1, 0.15) is 22.9 Å². The minimum atomic E-state index is -0.768. The van der Waals surface area contributed by atoms with Gasteiger partial charge in [0.2, 0.25) is 5.95 Å². The van der Waals surface area contributed by atoms with Crippen molar-refractivity contribution in [1.29, 1.82) is 0 Å². The highest BCUT2D eigenvalue weighted by Gasteiger charge is 2.22. The second-order valence-electron chi connectivity index (χ2n) is 10.4. The Labute approximate surface area is 223 Å². The fourth-order valence-corrected chi connectivity index (χ4v) is 4.69. The third-order valence-electron chi connectivity index (χ3n) is 7.10. The van der Waals surface area contributed by atoms with Crippen molar-refractivity contribution in [2.45, 2.75) is 59.9 Å². The summed E-state index contributed by atoms with van der Waals surface area (Å²) in [5.74, 6) is 0.482. The summed E-state index contributed by atoms with van der Waals surface area (Å²) in [6, 6.07) is 5.89. The largest absolute Gasteiger partial charge is 0.624 e. The van der Waals surface area contributed by atoms with E-state index in [0.29, 0.717) is 28.4 Å². The van der Waals surface area contributed by atoms with Crippen molar-refractivity contribution in [3.8, 4) is 16.9 Å². The zero-order chi connectivity index (χ0) is 27.4. The van der Waals surface area contributed by atoms with Gasteiger partial charge in [0.25, 0.3) is 0 Å². The summed E-state index contributed by atoms with van der Waals surface area (Å²) in [5.41, 5.74) is 3.73. The molecule has 3 aromatic rings. The van der Waals surface area contributed by atoms with Gasteiger partial charge in [0.15, 0.2) is 12.3 Å². The molecule has 0 spiro atoms. The monoisotopic (exact) mass is 522 g/mol. The minimum absolute atomic E-state index is 0.332. The molecule has 202 valence electrons. The Hall–Kier alpha value is -3.55. The van der Waals surface area contributed by atoms with Gasteiger partial charge >= 0.3 is 0 Å². The Morgan fingerprint density at radius 3 is 2.11 bits per heavy atom. The number of rotatable bonds is 8. The lowest BCUT2D eigenvalue weighted by Crippen LogP contribution is -2.36. The summed E-state index contributed by atoms with van der Waals surface area (Å²) in [6.45, 7) is 11.7. The predicted octanol–water partition coefficient (Wildman–Crippen LogP) is 6.23. The van der Waals surface area contributed by atoms with E-state index in [4.69, 9.17) is 4.74 Å². The van der Waals surface area contributed by atoms with Crippen LogP contribution in [0.4, 0.5) is 14.7 Å². The molecule has 0 amide bonds. The van der Waals surface area contributed by atoms with Gasteiger partial charge in [-0.1, -0.05) is 6.92 Å². The number of hydrogen-bond acceptors (Lipinski definition) is 5. The molecule has 0 N–H and O–H groups in total. The highest BCUT2D eigenvalue weighted by atomic mass is 19.1. The molecule has 0 radical (unpaired) electrons. The van der Waals surface area contributed by atoms with Crippen molar-refractivity contribution >= 4 is 12.2 Å². The van der Waals surface area contributed by atoms with Gasteiger partial charge in [-0.15, -0.1) is 0 Å². The first-order valence-corrected chi connectivity index (χ1v) is 13.3. The van der Waals surface area contributed by atoms with Crippen molar-refractivity contribution in [3.05, 3.63) is 75.8 Å². The van der Waals surface area contributed by atoms with Gasteiger partial charge in [-0.2, -0.15) is 0 Å². The average molecular weight is 523 g/mol. The SMILES string of the molecule is CCc1cnc(N2CCC(COc3c(C)cc(-c4cc(F)c(/C=[N+](\[O-])C(C)C)c(F)c4)cc3C)CC2)nc1. The Balaban J connectivity index is 1.41. The van der Waals surface area contributed by atoms with Crippen molar-refractivity contribution in [2.75, 3.05) is 24.6 Å². The van der Waals surface area contributed by atoms with Crippen molar-refractivity contribution in [3.63, 3.8) is 0 Å². The van der Waals surface area contributed by atoms with Crippen molar-refractivity contribution in [2.24, 2.45) is 5.92 Å². The first-order chi connectivity index (χ1) is 18.2. The molecule has 0 bridgehead atoms. The number of halogens is 2. The van der Waals surface area contributed by atoms with E-state index in [1.165, 1.54) is 12.1 Å². The van der Waals surface area contributed by atoms with Crippen LogP contribution in [0.15, 0.2) is 36.7 Å². The summed E-state index contributed by atoms with van der Waals surface area (Å²) >= 11 is 0. The number of aromatic nitrogens is 2. The van der Waals surface area contributed by atoms with Gasteiger partial charge < -0.3 is 14.8 Å². The fraction of sp³-hybridized carbons (Fsp3) is 0.433. The predicted molar refractivity (Wildman–Crippen MR) is 147 cm³/mol. The Bertz CT molecular complexity index is 1250. The molecule has 0 unspecified atom stereocenters. The van der Waals surface area contributed by atoms with Crippen molar-refractivity contribution in [1.82, 2.24) is 9.97 Å². The summed E-state index contributed by atoms with van der Waals surface area (Å²) in [7, 11) is 0. The first-order valence-electron chi connectivity index (χ1n) is 13.3. The number of hydrogen-bond donors (Lipinski definition) is 0. The van der Waals surface area contributed by atoms with Gasteiger partial charge in [-0.3, -0.25) is 0 Å². The van der Waals surface area contributed by atoms with Crippen LogP contribution in [0.1, 0.15) is 55.9 Å². The standard InChI is InChI=1S/C30H36F2N4O2/c1-6-22-15-33-30(34-16-22)35-9-7-23(8-10-35)18-38-29-20(4)11-24(12-21(29)5)25-13-27(31)26(28(32)14-25)17-36(37)19(2)3/h11-17,19,23H,6-10,18H2,1-5H3/b36-17-. The van der Waals surface area contributed by atoms with Gasteiger partial charge in [0, 0.05) is 25.5 Å². The van der Waals surface area contributed by atoms with E-state index >= 15 is 0 Å². The minimum Gasteiger partial charge on any atom is -0.624 e. The van der Waals surface area contributed by atoms with Gasteiger partial charge in [-0.25, -0.2) is 23.5 Å². The molecule has 2 heterocycles. The maximum Gasteiger partial charge on any atom is 0.225 e. The number of benzene rings is 2. The maximum atomic E-state index is 14.7. The van der Waals surface area contributed by atoms with Crippen LogP contribution >= 0.6 is 0 Å². The number of nitrogens with zero attached hydrogens (tertiary/aromatic N) is 4. The van der Waals surface area contributed by atoms with Crippen LogP contribution < -0.4 is 9.64 Å². The molecule has 1 aromatic heterocycles. The Morgan fingerprint density at radius 2 is 1.58 bits per heavy atom. The quantitative estimate of drug-likeness (QED) is 0.152. The van der Waals surface area contributed by atoms with Crippen LogP contribution in [-0.2, 0) is 6.42 Å². The molecule has 38 heavy (non-hydrogen) atoms. The lowest BCUT2D eigenvalue weighted by Gasteiger charge is -2.32. The maximum absolute atomic E-state index is 14.7. The Morgan fingerprint density at radius 1 is 1.03 bits per heavy atom. The van der Waals surface area contributed by atoms with Crippen LogP contribution in [0.3, 0.4) is 0 Å². The summed E-state index contributed by atoms with van der Waals surface area (Å²) in [4.78, 5) is 11.2. The topological polar surface area (TPSA) is 64.3 Å². The summed E-state index contributed by atoms with van der Waals surface area (Å²) in [6.07, 6.45) is 7.68. The molecule has 6 nitrogen and oxygen atoms in total. The van der Waals surface area contributed by atoms with Crippen LogP contribution in [0.25, 0.3) is 11.1 Å². The third kappa shape index (κ3) is 6.29. The van der Waals surface area contributed by atoms with Crippen LogP contribution in [0.2, 0.25) is 0 Å². The van der Waals surface area contributed by atoms with Crippen molar-refractivity contribution < 1.29 is 18.3 Å². The molecule has 1 fully saturated rings. The molecule has 0 saturated carbocycles. The van der Waals surface area contributed by atoms with E-state index in [1.54, 1.807) is 13.8 Å². The summed E-state index contributed by atoms with van der Waals surface area (Å²) < 4.78 is 36.3. The van der Waals surface area contributed by atoms with Gasteiger partial charge in [-0.05, 0) is 105 Å². The summed E-state index contributed by atoms with van der Waals surface area (Å²) in [5, 5.41) is 11.9. The van der Waals surface area contributed by atoms with E-state index in [-0.39, 0.29) is 5.56 Å². The molecule has 0 aliphatic carbocycles. The zero-order valence-corrected chi connectivity index (χ0v) is 22.8. The lowest BCUT2D eigenvalue weighted by molar-refractivity contribution is -0.487. The number of anilines is 1. The number of hydroxylamine groups is 1. The second kappa shape index (κ2) is 11.9. The lowest BCUT2D eigenvalue weighted by atomic mass is 9.97. The van der Waals surface area contributed by atoms with Gasteiger partial charge in [0.05, 0.1) is 6.61 Å². The van der Waals surface area contributed by atoms with E-state index in [9.17, 15) is 14.0 Å². The number of aryl methyl sites for hydroxylation is 3.